The first-order valence-electron chi connectivity index (χ1n) is 6.92. The summed E-state index contributed by atoms with van der Waals surface area (Å²) < 4.78 is 13.9. The van der Waals surface area contributed by atoms with Gasteiger partial charge in [0.1, 0.15) is 5.82 Å². The highest BCUT2D eigenvalue weighted by Crippen LogP contribution is 2.35. The molecule has 20 heavy (non-hydrogen) atoms. The van der Waals surface area contributed by atoms with Crippen LogP contribution in [0, 0.1) is 11.7 Å². The lowest BCUT2D eigenvalue weighted by molar-refractivity contribution is 0.371. The number of aryl methyl sites for hydroxylation is 1. The van der Waals surface area contributed by atoms with E-state index in [1.807, 2.05) is 12.1 Å². The van der Waals surface area contributed by atoms with Crippen LogP contribution in [0.25, 0.3) is 0 Å². The first kappa shape index (κ1) is 13.6. The van der Waals surface area contributed by atoms with Crippen molar-refractivity contribution < 1.29 is 4.39 Å². The van der Waals surface area contributed by atoms with Crippen molar-refractivity contribution in [1.29, 1.82) is 0 Å². The van der Waals surface area contributed by atoms with Gasteiger partial charge in [-0.3, -0.25) is 0 Å². The lowest BCUT2D eigenvalue weighted by Gasteiger charge is -2.31. The normalized spacial score (nSPS) is 21.6. The Morgan fingerprint density at radius 2 is 2.00 bits per heavy atom. The summed E-state index contributed by atoms with van der Waals surface area (Å²) >= 11 is 5.79. The molecule has 1 nitrogen and oxygen atoms in total. The summed E-state index contributed by atoms with van der Waals surface area (Å²) in [5.74, 6) is 0.0455. The number of hydrogen-bond acceptors (Lipinski definition) is 1. The molecule has 0 amide bonds. The number of benzene rings is 2. The first-order chi connectivity index (χ1) is 9.65. The van der Waals surface area contributed by atoms with E-state index in [9.17, 15) is 4.39 Å². The van der Waals surface area contributed by atoms with E-state index in [1.165, 1.54) is 17.2 Å². The molecule has 0 heterocycles. The van der Waals surface area contributed by atoms with Gasteiger partial charge in [0.15, 0.2) is 0 Å². The third-order valence-corrected chi connectivity index (χ3v) is 4.44. The molecule has 0 saturated carbocycles. The molecule has 0 saturated heterocycles. The highest BCUT2D eigenvalue weighted by Gasteiger charge is 2.27. The van der Waals surface area contributed by atoms with Crippen LogP contribution in [0.2, 0.25) is 5.02 Å². The molecule has 3 rings (SSSR count). The number of halogens is 2. The maximum atomic E-state index is 13.9. The van der Waals surface area contributed by atoms with Crippen molar-refractivity contribution in [2.24, 2.45) is 11.7 Å². The second kappa shape index (κ2) is 5.55. The van der Waals surface area contributed by atoms with Crippen molar-refractivity contribution >= 4 is 11.6 Å². The number of rotatable bonds is 2. The van der Waals surface area contributed by atoms with E-state index in [2.05, 4.69) is 12.1 Å². The van der Waals surface area contributed by atoms with Crippen LogP contribution in [0.4, 0.5) is 4.39 Å². The van der Waals surface area contributed by atoms with Gasteiger partial charge in [0, 0.05) is 11.1 Å². The summed E-state index contributed by atoms with van der Waals surface area (Å²) in [6.45, 7) is 0. The van der Waals surface area contributed by atoms with Crippen LogP contribution in [-0.2, 0) is 12.8 Å². The fraction of sp³-hybridized carbons (Fsp3) is 0.294. The molecule has 0 radical (unpaired) electrons. The van der Waals surface area contributed by atoms with Crippen LogP contribution in [0.15, 0.2) is 42.5 Å². The van der Waals surface area contributed by atoms with Crippen molar-refractivity contribution in [2.75, 3.05) is 0 Å². The van der Waals surface area contributed by atoms with Gasteiger partial charge < -0.3 is 5.73 Å². The van der Waals surface area contributed by atoms with Gasteiger partial charge >= 0.3 is 0 Å². The van der Waals surface area contributed by atoms with E-state index >= 15 is 0 Å². The van der Waals surface area contributed by atoms with E-state index in [0.717, 1.165) is 12.8 Å². The summed E-state index contributed by atoms with van der Waals surface area (Å²) in [5.41, 5.74) is 9.61. The molecule has 1 aliphatic carbocycles. The molecular formula is C17H17ClFN. The Hall–Kier alpha value is -1.38. The maximum Gasteiger partial charge on any atom is 0.127 e. The van der Waals surface area contributed by atoms with Crippen molar-refractivity contribution in [3.63, 3.8) is 0 Å². The van der Waals surface area contributed by atoms with Crippen LogP contribution in [-0.4, -0.2) is 0 Å². The van der Waals surface area contributed by atoms with Crippen LogP contribution in [0.1, 0.15) is 29.2 Å². The van der Waals surface area contributed by atoms with E-state index in [-0.39, 0.29) is 17.8 Å². The predicted molar refractivity (Wildman–Crippen MR) is 80.3 cm³/mol. The van der Waals surface area contributed by atoms with Crippen LogP contribution >= 0.6 is 11.6 Å². The molecule has 0 fully saturated rings. The third kappa shape index (κ3) is 2.58. The second-order valence-corrected chi connectivity index (χ2v) is 5.90. The number of hydrogen-bond donors (Lipinski definition) is 1. The molecule has 0 spiro atoms. The van der Waals surface area contributed by atoms with Gasteiger partial charge in [-0.15, -0.1) is 0 Å². The highest BCUT2D eigenvalue weighted by atomic mass is 35.5. The first-order valence-corrected chi connectivity index (χ1v) is 7.30. The third-order valence-electron chi connectivity index (χ3n) is 4.20. The Kier molecular flexibility index (Phi) is 3.77. The minimum absolute atomic E-state index is 0.0185. The lowest BCUT2D eigenvalue weighted by Crippen LogP contribution is -2.29. The van der Waals surface area contributed by atoms with Gasteiger partial charge in [-0.05, 0) is 54.0 Å². The monoisotopic (exact) mass is 289 g/mol. The maximum absolute atomic E-state index is 13.9. The standard InChI is InChI=1S/C17H17ClFN/c18-14-8-7-12(16(19)10-14)9-13-6-5-11-3-1-2-4-15(11)17(13)20/h1-4,7-8,10,13,17H,5-6,9,20H2. The molecule has 0 aliphatic heterocycles. The van der Waals surface area contributed by atoms with Crippen molar-refractivity contribution in [1.82, 2.24) is 0 Å². The van der Waals surface area contributed by atoms with Gasteiger partial charge in [-0.25, -0.2) is 4.39 Å². The Balaban J connectivity index is 1.83. The Morgan fingerprint density at radius 1 is 1.20 bits per heavy atom. The van der Waals surface area contributed by atoms with Crippen molar-refractivity contribution in [2.45, 2.75) is 25.3 Å². The highest BCUT2D eigenvalue weighted by molar-refractivity contribution is 6.30. The molecule has 1 aliphatic rings. The molecule has 2 aromatic rings. The molecule has 104 valence electrons. The number of nitrogens with two attached hydrogens (primary N) is 1. The summed E-state index contributed by atoms with van der Waals surface area (Å²) in [6.07, 6.45) is 2.68. The summed E-state index contributed by atoms with van der Waals surface area (Å²) in [4.78, 5) is 0. The smallest absolute Gasteiger partial charge is 0.127 e. The average molecular weight is 290 g/mol. The van der Waals surface area contributed by atoms with Crippen LogP contribution in [0.5, 0.6) is 0 Å². The zero-order valence-electron chi connectivity index (χ0n) is 11.2. The van der Waals surface area contributed by atoms with Crippen LogP contribution < -0.4 is 5.73 Å². The second-order valence-electron chi connectivity index (χ2n) is 5.46. The predicted octanol–water partition coefficient (Wildman–Crippen LogP) is 4.28. The van der Waals surface area contributed by atoms with Gasteiger partial charge in [0.05, 0.1) is 0 Å². The minimum Gasteiger partial charge on any atom is -0.324 e. The zero-order valence-corrected chi connectivity index (χ0v) is 11.9. The SMILES string of the molecule is NC1c2ccccc2CCC1Cc1ccc(Cl)cc1F. The quantitative estimate of drug-likeness (QED) is 0.877. The number of fused-ring (bicyclic) bond motifs is 1. The molecule has 0 bridgehead atoms. The Morgan fingerprint density at radius 3 is 2.80 bits per heavy atom. The fourth-order valence-electron chi connectivity index (χ4n) is 3.06. The average Bonchev–Trinajstić information content (AvgIpc) is 2.45. The van der Waals surface area contributed by atoms with Gasteiger partial charge in [-0.1, -0.05) is 41.9 Å². The van der Waals surface area contributed by atoms with Crippen LogP contribution in [0.3, 0.4) is 0 Å². The molecule has 2 N–H and O–H groups in total. The van der Waals surface area contributed by atoms with Gasteiger partial charge in [0.25, 0.3) is 0 Å². The molecule has 2 unspecified atom stereocenters. The van der Waals surface area contributed by atoms with E-state index < -0.39 is 0 Å². The lowest BCUT2D eigenvalue weighted by atomic mass is 9.77. The largest absolute Gasteiger partial charge is 0.324 e. The van der Waals surface area contributed by atoms with Crippen molar-refractivity contribution in [3.05, 3.63) is 70.0 Å². The topological polar surface area (TPSA) is 26.0 Å². The summed E-state index contributed by atoms with van der Waals surface area (Å²) in [5, 5.41) is 0.435. The Bertz CT molecular complexity index is 626. The van der Waals surface area contributed by atoms with E-state index in [1.54, 1.807) is 12.1 Å². The molecule has 2 atom stereocenters. The Labute approximate surface area is 123 Å². The molecule has 3 heteroatoms. The molecule has 2 aromatic carbocycles. The summed E-state index contributed by atoms with van der Waals surface area (Å²) in [7, 11) is 0. The zero-order chi connectivity index (χ0) is 14.1. The van der Waals surface area contributed by atoms with E-state index in [4.69, 9.17) is 17.3 Å². The minimum atomic E-state index is -0.233. The van der Waals surface area contributed by atoms with Gasteiger partial charge in [-0.2, -0.15) is 0 Å². The molecule has 0 aromatic heterocycles. The summed E-state index contributed by atoms with van der Waals surface area (Å²) in [6, 6.07) is 13.1. The van der Waals surface area contributed by atoms with Crippen molar-refractivity contribution in [3.8, 4) is 0 Å². The fourth-order valence-corrected chi connectivity index (χ4v) is 3.22. The molecular weight excluding hydrogens is 273 g/mol. The van der Waals surface area contributed by atoms with Gasteiger partial charge in [0.2, 0.25) is 0 Å². The van der Waals surface area contributed by atoms with E-state index in [0.29, 0.717) is 17.0 Å².